The zero-order valence-corrected chi connectivity index (χ0v) is 19.9. The Bertz CT molecular complexity index is 1030. The molecule has 2 aliphatic rings. The Balaban J connectivity index is 1.38. The number of hydrogen-bond donors (Lipinski definition) is 3. The van der Waals surface area contributed by atoms with Gasteiger partial charge in [-0.3, -0.25) is 9.59 Å². The van der Waals surface area contributed by atoms with Crippen molar-refractivity contribution in [1.29, 1.82) is 0 Å². The van der Waals surface area contributed by atoms with E-state index in [1.165, 1.54) is 7.11 Å². The summed E-state index contributed by atoms with van der Waals surface area (Å²) >= 11 is 0. The van der Waals surface area contributed by atoms with Crippen molar-refractivity contribution in [2.75, 3.05) is 20.3 Å². The highest BCUT2D eigenvalue weighted by atomic mass is 16.5. The molecular formula is C27H32N2O6. The lowest BCUT2D eigenvalue weighted by molar-refractivity contribution is -0.143. The maximum Gasteiger partial charge on any atom is 0.407 e. The molecule has 3 N–H and O–H groups in total. The van der Waals surface area contributed by atoms with Crippen LogP contribution in [0.1, 0.15) is 49.1 Å². The number of carbonyl (C=O) groups is 3. The van der Waals surface area contributed by atoms with E-state index in [9.17, 15) is 19.5 Å². The molecule has 0 unspecified atom stereocenters. The van der Waals surface area contributed by atoms with Crippen molar-refractivity contribution in [1.82, 2.24) is 10.6 Å². The molecule has 0 heterocycles. The number of ether oxygens (including phenoxy) is 2. The summed E-state index contributed by atoms with van der Waals surface area (Å²) in [5.74, 6) is -2.12. The normalized spacial score (nSPS) is 20.1. The Labute approximate surface area is 205 Å². The fraction of sp³-hybridized carbons (Fsp3) is 0.444. The van der Waals surface area contributed by atoms with E-state index >= 15 is 0 Å². The fourth-order valence-corrected chi connectivity index (χ4v) is 5.19. The zero-order valence-electron chi connectivity index (χ0n) is 19.9. The average Bonchev–Trinajstić information content (AvgIpc) is 2.98. The Kier molecular flexibility index (Phi) is 8.02. The maximum atomic E-state index is 13.0. The first kappa shape index (κ1) is 24.7. The fourth-order valence-electron chi connectivity index (χ4n) is 5.19. The van der Waals surface area contributed by atoms with Gasteiger partial charge in [0.05, 0.1) is 12.5 Å². The first-order valence-electron chi connectivity index (χ1n) is 12.1. The van der Waals surface area contributed by atoms with Crippen molar-refractivity contribution in [3.8, 4) is 11.1 Å². The molecule has 1 fully saturated rings. The van der Waals surface area contributed by atoms with E-state index in [4.69, 9.17) is 9.47 Å². The van der Waals surface area contributed by atoms with Crippen LogP contribution in [0.15, 0.2) is 48.5 Å². The van der Waals surface area contributed by atoms with Gasteiger partial charge in [0.25, 0.3) is 0 Å². The van der Waals surface area contributed by atoms with Gasteiger partial charge in [0.15, 0.2) is 0 Å². The Morgan fingerprint density at radius 1 is 0.971 bits per heavy atom. The van der Waals surface area contributed by atoms with Crippen LogP contribution in [0.3, 0.4) is 0 Å². The monoisotopic (exact) mass is 480 g/mol. The van der Waals surface area contributed by atoms with Crippen LogP contribution >= 0.6 is 0 Å². The number of rotatable bonds is 8. The second-order valence-electron chi connectivity index (χ2n) is 9.18. The summed E-state index contributed by atoms with van der Waals surface area (Å²) in [5, 5.41) is 15.0. The van der Waals surface area contributed by atoms with Crippen molar-refractivity contribution in [3.63, 3.8) is 0 Å². The average molecular weight is 481 g/mol. The quantitative estimate of drug-likeness (QED) is 0.497. The minimum atomic E-state index is -0.992. The Morgan fingerprint density at radius 2 is 1.60 bits per heavy atom. The SMILES string of the molecule is COC[C@H](NC(=O)OCC1c2ccccc2-c2ccccc21)C(=O)N[C@@H]1CCCCC[C@@H]1C(=O)O. The lowest BCUT2D eigenvalue weighted by Gasteiger charge is -2.26. The van der Waals surface area contributed by atoms with Gasteiger partial charge in [-0.15, -0.1) is 0 Å². The molecule has 8 heteroatoms. The van der Waals surface area contributed by atoms with Crippen LogP contribution in [-0.2, 0) is 19.1 Å². The van der Waals surface area contributed by atoms with Crippen molar-refractivity contribution < 1.29 is 29.0 Å². The van der Waals surface area contributed by atoms with E-state index in [0.29, 0.717) is 12.8 Å². The molecule has 0 aromatic heterocycles. The number of carboxylic acid groups (broad SMARTS) is 1. The molecule has 0 spiro atoms. The summed E-state index contributed by atoms with van der Waals surface area (Å²) in [7, 11) is 1.44. The molecule has 4 rings (SSSR count). The van der Waals surface area contributed by atoms with Crippen LogP contribution in [0.4, 0.5) is 4.79 Å². The smallest absolute Gasteiger partial charge is 0.407 e. The topological polar surface area (TPSA) is 114 Å². The third kappa shape index (κ3) is 5.65. The zero-order chi connectivity index (χ0) is 24.8. The first-order valence-corrected chi connectivity index (χ1v) is 12.1. The highest BCUT2D eigenvalue weighted by Gasteiger charge is 2.33. The maximum absolute atomic E-state index is 13.0. The molecule has 1 saturated carbocycles. The first-order chi connectivity index (χ1) is 17.0. The minimum Gasteiger partial charge on any atom is -0.481 e. The predicted molar refractivity (Wildman–Crippen MR) is 130 cm³/mol. The molecule has 8 nitrogen and oxygen atoms in total. The van der Waals surface area contributed by atoms with Crippen LogP contribution in [0.2, 0.25) is 0 Å². The molecule has 0 aliphatic heterocycles. The molecule has 3 atom stereocenters. The van der Waals surface area contributed by atoms with Crippen LogP contribution in [0.5, 0.6) is 0 Å². The summed E-state index contributed by atoms with van der Waals surface area (Å²) in [6, 6.07) is 14.6. The van der Waals surface area contributed by atoms with Crippen molar-refractivity contribution in [2.24, 2.45) is 5.92 Å². The molecule has 2 aliphatic carbocycles. The van der Waals surface area contributed by atoms with Crippen molar-refractivity contribution >= 4 is 18.0 Å². The Hall–Kier alpha value is -3.39. The number of fused-ring (bicyclic) bond motifs is 3. The predicted octanol–water partition coefficient (Wildman–Crippen LogP) is 3.69. The number of nitrogens with one attached hydrogen (secondary N) is 2. The van der Waals surface area contributed by atoms with Gasteiger partial charge < -0.3 is 25.2 Å². The number of hydrogen-bond acceptors (Lipinski definition) is 5. The lowest BCUT2D eigenvalue weighted by Crippen LogP contribution is -2.54. The number of carboxylic acids is 1. The van der Waals surface area contributed by atoms with Gasteiger partial charge in [0, 0.05) is 19.1 Å². The third-order valence-electron chi connectivity index (χ3n) is 6.95. The third-order valence-corrected chi connectivity index (χ3v) is 6.95. The molecule has 2 aromatic carbocycles. The van der Waals surface area contributed by atoms with Crippen LogP contribution < -0.4 is 10.6 Å². The summed E-state index contributed by atoms with van der Waals surface area (Å²) in [6.45, 7) is 0.0748. The van der Waals surface area contributed by atoms with E-state index in [1.807, 2.05) is 36.4 Å². The Morgan fingerprint density at radius 3 is 2.23 bits per heavy atom. The van der Waals surface area contributed by atoms with E-state index in [-0.39, 0.29) is 19.1 Å². The second-order valence-corrected chi connectivity index (χ2v) is 9.18. The minimum absolute atomic E-state index is 0.0551. The van der Waals surface area contributed by atoms with Gasteiger partial charge in [-0.1, -0.05) is 67.8 Å². The highest BCUT2D eigenvalue weighted by Crippen LogP contribution is 2.44. The number of benzene rings is 2. The number of alkyl carbamates (subject to hydrolysis) is 1. The van der Waals surface area contributed by atoms with E-state index in [2.05, 4.69) is 22.8 Å². The van der Waals surface area contributed by atoms with Gasteiger partial charge in [0.2, 0.25) is 5.91 Å². The number of methoxy groups -OCH3 is 1. The lowest BCUT2D eigenvalue weighted by atomic mass is 9.94. The summed E-state index contributed by atoms with van der Waals surface area (Å²) in [6.07, 6.45) is 3.00. The summed E-state index contributed by atoms with van der Waals surface area (Å²) in [4.78, 5) is 37.3. The van der Waals surface area contributed by atoms with Gasteiger partial charge in [-0.05, 0) is 35.1 Å². The van der Waals surface area contributed by atoms with E-state index in [1.54, 1.807) is 0 Å². The van der Waals surface area contributed by atoms with Crippen LogP contribution in [-0.4, -0.2) is 55.5 Å². The molecule has 0 radical (unpaired) electrons. The summed E-state index contributed by atoms with van der Waals surface area (Å²) < 4.78 is 10.7. The van der Waals surface area contributed by atoms with Gasteiger partial charge in [-0.2, -0.15) is 0 Å². The molecule has 2 aromatic rings. The van der Waals surface area contributed by atoms with Crippen molar-refractivity contribution in [2.45, 2.75) is 50.1 Å². The largest absolute Gasteiger partial charge is 0.481 e. The standard InChI is InChI=1S/C27H32N2O6/c1-34-16-24(25(30)28-23-14-4-2-3-13-21(23)26(31)32)29-27(33)35-15-22-19-11-7-5-9-17(19)18-10-6-8-12-20(18)22/h5-12,21-24H,2-4,13-16H2,1H3,(H,28,30)(H,29,33)(H,31,32)/t21-,23+,24-/m0/s1. The number of amides is 2. The molecule has 2 amide bonds. The molecule has 0 saturated heterocycles. The number of carbonyl (C=O) groups excluding carboxylic acids is 2. The molecular weight excluding hydrogens is 448 g/mol. The van der Waals surface area contributed by atoms with Gasteiger partial charge >= 0.3 is 12.1 Å². The second kappa shape index (κ2) is 11.4. The van der Waals surface area contributed by atoms with Gasteiger partial charge in [0.1, 0.15) is 12.6 Å². The molecule has 0 bridgehead atoms. The van der Waals surface area contributed by atoms with Crippen LogP contribution in [0, 0.1) is 5.92 Å². The highest BCUT2D eigenvalue weighted by molar-refractivity contribution is 5.86. The van der Waals surface area contributed by atoms with Crippen LogP contribution in [0.25, 0.3) is 11.1 Å². The van der Waals surface area contributed by atoms with Crippen molar-refractivity contribution in [3.05, 3.63) is 59.7 Å². The van der Waals surface area contributed by atoms with E-state index in [0.717, 1.165) is 41.5 Å². The molecule has 35 heavy (non-hydrogen) atoms. The van der Waals surface area contributed by atoms with Gasteiger partial charge in [-0.25, -0.2) is 4.79 Å². The molecule has 186 valence electrons. The van der Waals surface area contributed by atoms with E-state index < -0.39 is 36.0 Å². The summed E-state index contributed by atoms with van der Waals surface area (Å²) in [5.41, 5.74) is 4.46. The number of aliphatic carboxylic acids is 1.